The van der Waals surface area contributed by atoms with Gasteiger partial charge in [-0.2, -0.15) is 0 Å². The predicted molar refractivity (Wildman–Crippen MR) is 146 cm³/mol. The van der Waals surface area contributed by atoms with Crippen LogP contribution in [0, 0.1) is 6.92 Å². The second kappa shape index (κ2) is 21.8. The van der Waals surface area contributed by atoms with E-state index in [0.717, 1.165) is 0 Å². The molecule has 0 aliphatic heterocycles. The Kier molecular flexibility index (Phi) is 21.4. The van der Waals surface area contributed by atoms with Crippen molar-refractivity contribution in [3.8, 4) is 11.1 Å². The molecule has 0 heteroatoms. The molecule has 0 bridgehead atoms. The maximum absolute atomic E-state index is 2.16. The van der Waals surface area contributed by atoms with Crippen molar-refractivity contribution in [3.05, 3.63) is 109 Å². The molecule has 0 aliphatic rings. The van der Waals surface area contributed by atoms with Gasteiger partial charge in [-0.05, 0) is 28.8 Å². The first-order chi connectivity index (χ1) is 15.3. The van der Waals surface area contributed by atoms with Crippen LogP contribution in [0.25, 0.3) is 21.9 Å². The van der Waals surface area contributed by atoms with Crippen LogP contribution >= 0.6 is 0 Å². The fraction of sp³-hybridized carbons (Fsp3) is 0.290. The minimum Gasteiger partial charge on any atom is -0.0683 e. The van der Waals surface area contributed by atoms with Gasteiger partial charge in [0.05, 0.1) is 0 Å². The van der Waals surface area contributed by atoms with E-state index in [0.29, 0.717) is 0 Å². The Morgan fingerprint density at radius 2 is 0.613 bits per heavy atom. The van der Waals surface area contributed by atoms with E-state index in [1.54, 1.807) is 0 Å². The number of rotatable bonds is 1. The van der Waals surface area contributed by atoms with E-state index in [2.05, 4.69) is 104 Å². The second-order valence-corrected chi connectivity index (χ2v) is 5.58. The van der Waals surface area contributed by atoms with Crippen LogP contribution in [-0.2, 0) is 0 Å². The Labute approximate surface area is 193 Å². The van der Waals surface area contributed by atoms with E-state index >= 15 is 0 Å². The molecule has 4 rings (SSSR count). The molecule has 0 amide bonds. The molecule has 0 atom stereocenters. The summed E-state index contributed by atoms with van der Waals surface area (Å²) in [5.74, 6) is 0. The Bertz CT molecular complexity index is 793. The summed E-state index contributed by atoms with van der Waals surface area (Å²) in [4.78, 5) is 0. The van der Waals surface area contributed by atoms with Gasteiger partial charge < -0.3 is 0 Å². The highest BCUT2D eigenvalue weighted by atomic mass is 14.0. The van der Waals surface area contributed by atoms with Crippen molar-refractivity contribution in [1.29, 1.82) is 0 Å². The fourth-order valence-corrected chi connectivity index (χ4v) is 2.51. The molecule has 31 heavy (non-hydrogen) atoms. The lowest BCUT2D eigenvalue weighted by Crippen LogP contribution is -1.76. The summed E-state index contributed by atoms with van der Waals surface area (Å²) in [6.45, 7) is 18.1. The van der Waals surface area contributed by atoms with Crippen LogP contribution in [0.1, 0.15) is 61.0 Å². The monoisotopic (exact) mass is 416 g/mol. The van der Waals surface area contributed by atoms with E-state index in [-0.39, 0.29) is 0 Å². The number of hydrogen-bond acceptors (Lipinski definition) is 0. The van der Waals surface area contributed by atoms with Gasteiger partial charge >= 0.3 is 0 Å². The highest BCUT2D eigenvalue weighted by molar-refractivity contribution is 5.82. The van der Waals surface area contributed by atoms with Gasteiger partial charge in [0.15, 0.2) is 0 Å². The van der Waals surface area contributed by atoms with Gasteiger partial charge in [-0.25, -0.2) is 0 Å². The maximum Gasteiger partial charge on any atom is -0.0184 e. The molecule has 0 fully saturated rings. The number of fused-ring (bicyclic) bond motifs is 1. The molecule has 168 valence electrons. The van der Waals surface area contributed by atoms with Crippen molar-refractivity contribution >= 4 is 10.8 Å². The molecule has 0 saturated carbocycles. The Hall–Kier alpha value is -2.86. The summed E-state index contributed by atoms with van der Waals surface area (Å²) >= 11 is 0. The third kappa shape index (κ3) is 12.4. The molecule has 0 radical (unpaired) electrons. The number of hydrogen-bond donors (Lipinski definition) is 0. The van der Waals surface area contributed by atoms with Crippen molar-refractivity contribution in [1.82, 2.24) is 0 Å². The first-order valence-corrected chi connectivity index (χ1v) is 11.9. The van der Waals surface area contributed by atoms with Crippen molar-refractivity contribution in [2.45, 2.75) is 62.3 Å². The average molecular weight is 417 g/mol. The Morgan fingerprint density at radius 1 is 0.323 bits per heavy atom. The standard InChI is InChI=1S/C13H12.C10H8.4C2H6/c1-11-7-9-13(10-8-11)12-5-3-2-4-6-12;1-2-6-10-8-4-3-7-9(10)5-1;4*1-2/h2-10H,1H3;1-8H;4*1-2H3. The van der Waals surface area contributed by atoms with E-state index in [1.807, 2.05) is 61.5 Å². The van der Waals surface area contributed by atoms with Gasteiger partial charge in [-0.1, -0.05) is 164 Å². The van der Waals surface area contributed by atoms with Crippen molar-refractivity contribution in [2.75, 3.05) is 0 Å². The van der Waals surface area contributed by atoms with E-state index in [9.17, 15) is 0 Å². The molecule has 0 heterocycles. The molecule has 4 aromatic rings. The van der Waals surface area contributed by atoms with Gasteiger partial charge in [0.25, 0.3) is 0 Å². The zero-order valence-corrected chi connectivity index (χ0v) is 21.3. The lowest BCUT2D eigenvalue weighted by molar-refractivity contribution is 1.47. The number of aryl methyl sites for hydroxylation is 1. The highest BCUT2D eigenvalue weighted by Crippen LogP contribution is 2.18. The van der Waals surface area contributed by atoms with Crippen molar-refractivity contribution < 1.29 is 0 Å². The van der Waals surface area contributed by atoms with Crippen LogP contribution in [0.15, 0.2) is 103 Å². The summed E-state index contributed by atoms with van der Waals surface area (Å²) in [5.41, 5.74) is 3.87. The number of benzene rings is 4. The van der Waals surface area contributed by atoms with E-state index < -0.39 is 0 Å². The van der Waals surface area contributed by atoms with Crippen LogP contribution in [-0.4, -0.2) is 0 Å². The fourth-order valence-electron chi connectivity index (χ4n) is 2.51. The average Bonchev–Trinajstić information content (AvgIpc) is 2.90. The molecule has 0 aromatic heterocycles. The summed E-state index contributed by atoms with van der Waals surface area (Å²) < 4.78 is 0. The van der Waals surface area contributed by atoms with E-state index in [1.165, 1.54) is 27.5 Å². The molecule has 0 saturated heterocycles. The summed E-state index contributed by atoms with van der Waals surface area (Å²) in [7, 11) is 0. The van der Waals surface area contributed by atoms with Gasteiger partial charge in [0, 0.05) is 0 Å². The molecular weight excluding hydrogens is 372 g/mol. The van der Waals surface area contributed by atoms with Crippen LogP contribution in [0.5, 0.6) is 0 Å². The third-order valence-electron chi connectivity index (χ3n) is 3.82. The molecule has 0 nitrogen and oxygen atoms in total. The largest absolute Gasteiger partial charge is 0.0683 e. The van der Waals surface area contributed by atoms with Crippen molar-refractivity contribution in [3.63, 3.8) is 0 Å². The zero-order valence-electron chi connectivity index (χ0n) is 21.3. The quantitative estimate of drug-likeness (QED) is 0.289. The van der Waals surface area contributed by atoms with Gasteiger partial charge in [-0.15, -0.1) is 0 Å². The van der Waals surface area contributed by atoms with Gasteiger partial charge in [0.2, 0.25) is 0 Å². The SMILES string of the molecule is CC.CC.CC.CC.Cc1ccc(-c2ccccc2)cc1.c1ccc2ccccc2c1. The van der Waals surface area contributed by atoms with Crippen LogP contribution < -0.4 is 0 Å². The third-order valence-corrected chi connectivity index (χ3v) is 3.82. The molecular formula is C31H44. The minimum absolute atomic E-state index is 1.28. The van der Waals surface area contributed by atoms with Gasteiger partial charge in [0.1, 0.15) is 0 Å². The van der Waals surface area contributed by atoms with Crippen LogP contribution in [0.4, 0.5) is 0 Å². The summed E-state index contributed by atoms with van der Waals surface area (Å²) in [5, 5.41) is 2.62. The van der Waals surface area contributed by atoms with Gasteiger partial charge in [-0.3, -0.25) is 0 Å². The van der Waals surface area contributed by atoms with Crippen LogP contribution in [0.3, 0.4) is 0 Å². The topological polar surface area (TPSA) is 0 Å². The maximum atomic E-state index is 2.16. The zero-order chi connectivity index (χ0) is 23.9. The highest BCUT2D eigenvalue weighted by Gasteiger charge is 1.93. The lowest BCUT2D eigenvalue weighted by Gasteiger charge is -2.00. The minimum atomic E-state index is 1.28. The van der Waals surface area contributed by atoms with Crippen LogP contribution in [0.2, 0.25) is 0 Å². The lowest BCUT2D eigenvalue weighted by atomic mass is 10.0. The van der Waals surface area contributed by atoms with Crippen molar-refractivity contribution in [2.24, 2.45) is 0 Å². The first kappa shape index (κ1) is 30.3. The normalized spacial score (nSPS) is 8.16. The molecule has 0 unspecified atom stereocenters. The predicted octanol–water partition coefficient (Wildman–Crippen LogP) is 10.6. The Morgan fingerprint density at radius 3 is 0.968 bits per heavy atom. The molecule has 4 aromatic carbocycles. The van der Waals surface area contributed by atoms with E-state index in [4.69, 9.17) is 0 Å². The smallest absolute Gasteiger partial charge is 0.0184 e. The molecule has 0 aliphatic carbocycles. The molecule has 0 spiro atoms. The molecule has 0 N–H and O–H groups in total. The summed E-state index contributed by atoms with van der Waals surface area (Å²) in [6.07, 6.45) is 0. The second-order valence-electron chi connectivity index (χ2n) is 5.58. The Balaban J connectivity index is 0. The summed E-state index contributed by atoms with van der Waals surface area (Å²) in [6, 6.07) is 35.7. The first-order valence-electron chi connectivity index (χ1n) is 11.9.